The van der Waals surface area contributed by atoms with Crippen molar-refractivity contribution < 1.29 is 14.3 Å². The summed E-state index contributed by atoms with van der Waals surface area (Å²) in [6, 6.07) is 15.4. The molecule has 2 amide bonds. The topological polar surface area (TPSA) is 70.7 Å². The molecule has 0 bridgehead atoms. The Hall–Kier alpha value is -2.86. The average Bonchev–Trinajstić information content (AvgIpc) is 3.22. The van der Waals surface area contributed by atoms with Gasteiger partial charge in [-0.25, -0.2) is 0 Å². The normalized spacial score (nSPS) is 21.0. The number of benzene rings is 2. The third-order valence-electron chi connectivity index (χ3n) is 6.08. The summed E-state index contributed by atoms with van der Waals surface area (Å²) in [5.41, 5.74) is 3.29. The lowest BCUT2D eigenvalue weighted by atomic mass is 9.88. The molecular weight excluding hydrogens is 378 g/mol. The van der Waals surface area contributed by atoms with E-state index in [2.05, 4.69) is 28.8 Å². The molecule has 6 heteroatoms. The largest absolute Gasteiger partial charge is 0.497 e. The molecule has 4 rings (SSSR count). The van der Waals surface area contributed by atoms with Crippen LogP contribution in [0.25, 0.3) is 0 Å². The molecule has 0 saturated carbocycles. The van der Waals surface area contributed by atoms with Crippen molar-refractivity contribution in [2.24, 2.45) is 0 Å². The van der Waals surface area contributed by atoms with Gasteiger partial charge in [0.05, 0.1) is 25.7 Å². The van der Waals surface area contributed by atoms with E-state index in [1.165, 1.54) is 11.1 Å². The smallest absolute Gasteiger partial charge is 0.241 e. The van der Waals surface area contributed by atoms with Gasteiger partial charge in [-0.2, -0.15) is 0 Å². The molecule has 6 nitrogen and oxygen atoms in total. The first-order chi connectivity index (χ1) is 14.6. The number of amides is 2. The molecule has 2 aliphatic rings. The zero-order chi connectivity index (χ0) is 20.9. The van der Waals surface area contributed by atoms with Crippen LogP contribution in [-0.2, 0) is 16.0 Å². The van der Waals surface area contributed by atoms with E-state index in [4.69, 9.17) is 4.74 Å². The van der Waals surface area contributed by atoms with E-state index in [0.29, 0.717) is 0 Å². The van der Waals surface area contributed by atoms with Gasteiger partial charge in [-0.3, -0.25) is 14.5 Å². The number of nitrogens with zero attached hydrogens (tertiary/aromatic N) is 1. The maximum atomic E-state index is 12.8. The van der Waals surface area contributed by atoms with Crippen molar-refractivity contribution in [3.63, 3.8) is 0 Å². The Morgan fingerprint density at radius 2 is 1.87 bits per heavy atom. The first-order valence-electron chi connectivity index (χ1n) is 10.7. The van der Waals surface area contributed by atoms with Crippen LogP contribution in [0.1, 0.15) is 42.9 Å². The number of nitrogens with one attached hydrogen (secondary N) is 2. The van der Waals surface area contributed by atoms with E-state index < -0.39 is 0 Å². The lowest BCUT2D eigenvalue weighted by molar-refractivity contribution is -0.125. The summed E-state index contributed by atoms with van der Waals surface area (Å²) in [6.07, 6.45) is 4.80. The van der Waals surface area contributed by atoms with Crippen LogP contribution in [0.3, 0.4) is 0 Å². The van der Waals surface area contributed by atoms with Gasteiger partial charge in [-0.1, -0.05) is 24.3 Å². The van der Waals surface area contributed by atoms with Crippen molar-refractivity contribution in [3.8, 4) is 5.75 Å². The molecule has 1 heterocycles. The molecule has 0 spiro atoms. The molecule has 1 aliphatic carbocycles. The second-order valence-electron chi connectivity index (χ2n) is 8.06. The molecule has 30 heavy (non-hydrogen) atoms. The molecule has 0 aromatic heterocycles. The molecule has 2 unspecified atom stereocenters. The maximum absolute atomic E-state index is 12.8. The third-order valence-corrected chi connectivity index (χ3v) is 6.08. The Bertz CT molecular complexity index is 897. The summed E-state index contributed by atoms with van der Waals surface area (Å²) in [7, 11) is 1.61. The predicted molar refractivity (Wildman–Crippen MR) is 116 cm³/mol. The molecule has 2 aromatic rings. The Morgan fingerprint density at radius 1 is 1.07 bits per heavy atom. The van der Waals surface area contributed by atoms with Crippen LogP contribution in [0, 0.1) is 0 Å². The summed E-state index contributed by atoms with van der Waals surface area (Å²) >= 11 is 0. The number of ether oxygens (including phenoxy) is 1. The fourth-order valence-corrected chi connectivity index (χ4v) is 4.54. The highest BCUT2D eigenvalue weighted by atomic mass is 16.5. The Kier molecular flexibility index (Phi) is 6.33. The molecule has 2 atom stereocenters. The van der Waals surface area contributed by atoms with Crippen LogP contribution in [0.5, 0.6) is 5.75 Å². The van der Waals surface area contributed by atoms with Crippen LogP contribution in [-0.4, -0.2) is 43.0 Å². The van der Waals surface area contributed by atoms with Gasteiger partial charge < -0.3 is 15.4 Å². The zero-order valence-corrected chi connectivity index (χ0v) is 17.4. The first-order valence-corrected chi connectivity index (χ1v) is 10.7. The van der Waals surface area contributed by atoms with Crippen molar-refractivity contribution in [1.82, 2.24) is 10.2 Å². The Labute approximate surface area is 177 Å². The van der Waals surface area contributed by atoms with Gasteiger partial charge in [0.1, 0.15) is 5.75 Å². The molecule has 2 N–H and O–H groups in total. The number of hydrogen-bond donors (Lipinski definition) is 2. The van der Waals surface area contributed by atoms with Gasteiger partial charge in [0, 0.05) is 5.69 Å². The van der Waals surface area contributed by atoms with Crippen LogP contribution < -0.4 is 15.4 Å². The fraction of sp³-hybridized carbons (Fsp3) is 0.417. The molecule has 1 fully saturated rings. The second-order valence-corrected chi connectivity index (χ2v) is 8.06. The Balaban J connectivity index is 1.34. The number of hydrogen-bond acceptors (Lipinski definition) is 4. The molecule has 2 aromatic carbocycles. The van der Waals surface area contributed by atoms with Crippen molar-refractivity contribution >= 4 is 17.5 Å². The first kappa shape index (κ1) is 20.4. The minimum atomic E-state index is -0.281. The number of anilines is 1. The van der Waals surface area contributed by atoms with Crippen molar-refractivity contribution in [1.29, 1.82) is 0 Å². The van der Waals surface area contributed by atoms with Gasteiger partial charge >= 0.3 is 0 Å². The maximum Gasteiger partial charge on any atom is 0.241 e. The van der Waals surface area contributed by atoms with E-state index >= 15 is 0 Å². The van der Waals surface area contributed by atoms with Crippen LogP contribution in [0.15, 0.2) is 48.5 Å². The quantitative estimate of drug-likeness (QED) is 0.771. The molecule has 1 saturated heterocycles. The molecule has 1 aliphatic heterocycles. The van der Waals surface area contributed by atoms with Gasteiger partial charge in [0.2, 0.25) is 11.8 Å². The van der Waals surface area contributed by atoms with Gasteiger partial charge in [0.15, 0.2) is 0 Å². The monoisotopic (exact) mass is 407 g/mol. The van der Waals surface area contributed by atoms with E-state index in [1.807, 2.05) is 35.2 Å². The highest BCUT2D eigenvalue weighted by Gasteiger charge is 2.32. The second kappa shape index (κ2) is 9.30. The summed E-state index contributed by atoms with van der Waals surface area (Å²) in [5.74, 6) is 0.672. The summed E-state index contributed by atoms with van der Waals surface area (Å²) in [5, 5.41) is 6.16. The lowest BCUT2D eigenvalue weighted by Gasteiger charge is -2.28. The SMILES string of the molecule is COc1ccc(NC(=O)C2CCCN2CC(=O)NC2CCCc3ccccc32)cc1. The van der Waals surface area contributed by atoms with E-state index in [1.54, 1.807) is 7.11 Å². The predicted octanol–water partition coefficient (Wildman–Crippen LogP) is 3.29. The molecule has 158 valence electrons. The van der Waals surface area contributed by atoms with E-state index in [-0.39, 0.29) is 30.4 Å². The van der Waals surface area contributed by atoms with Gasteiger partial charge in [-0.15, -0.1) is 0 Å². The van der Waals surface area contributed by atoms with Crippen molar-refractivity contribution in [2.75, 3.05) is 25.5 Å². The highest BCUT2D eigenvalue weighted by molar-refractivity contribution is 5.95. The summed E-state index contributed by atoms with van der Waals surface area (Å²) in [4.78, 5) is 27.6. The number of likely N-dealkylation sites (tertiary alicyclic amines) is 1. The number of rotatable bonds is 6. The minimum Gasteiger partial charge on any atom is -0.497 e. The third kappa shape index (κ3) is 4.65. The highest BCUT2D eigenvalue weighted by Crippen LogP contribution is 2.29. The lowest BCUT2D eigenvalue weighted by Crippen LogP contribution is -2.45. The average molecular weight is 408 g/mol. The van der Waals surface area contributed by atoms with Crippen molar-refractivity contribution in [2.45, 2.75) is 44.2 Å². The zero-order valence-electron chi connectivity index (χ0n) is 17.4. The summed E-state index contributed by atoms with van der Waals surface area (Å²) in [6.45, 7) is 1.01. The minimum absolute atomic E-state index is 0.0131. The number of carbonyl (C=O) groups is 2. The Morgan fingerprint density at radius 3 is 2.67 bits per heavy atom. The standard InChI is InChI=1S/C24H29N3O3/c1-30-19-13-11-18(12-14-19)25-24(29)22-10-5-15-27(22)16-23(28)26-21-9-4-7-17-6-2-3-8-20(17)21/h2-3,6,8,11-14,21-22H,4-5,7,9-10,15-16H2,1H3,(H,25,29)(H,26,28). The van der Waals surface area contributed by atoms with E-state index in [9.17, 15) is 9.59 Å². The summed E-state index contributed by atoms with van der Waals surface area (Å²) < 4.78 is 5.15. The number of carbonyl (C=O) groups excluding carboxylic acids is 2. The number of fused-ring (bicyclic) bond motifs is 1. The van der Waals surface area contributed by atoms with Gasteiger partial charge in [0.25, 0.3) is 0 Å². The van der Waals surface area contributed by atoms with Crippen LogP contribution in [0.2, 0.25) is 0 Å². The molecular formula is C24H29N3O3. The van der Waals surface area contributed by atoms with Crippen molar-refractivity contribution in [3.05, 3.63) is 59.7 Å². The van der Waals surface area contributed by atoms with Crippen LogP contribution in [0.4, 0.5) is 5.69 Å². The number of aryl methyl sites for hydroxylation is 1. The van der Waals surface area contributed by atoms with E-state index in [0.717, 1.165) is 50.1 Å². The van der Waals surface area contributed by atoms with Crippen LogP contribution >= 0.6 is 0 Å². The molecule has 0 radical (unpaired) electrons. The van der Waals surface area contributed by atoms with Gasteiger partial charge in [-0.05, 0) is 74.0 Å². The fourth-order valence-electron chi connectivity index (χ4n) is 4.54. The number of methoxy groups -OCH3 is 1.